The van der Waals surface area contributed by atoms with E-state index in [-0.39, 0.29) is 24.2 Å². The monoisotopic (exact) mass is 576 g/mol. The van der Waals surface area contributed by atoms with Crippen LogP contribution in [0.4, 0.5) is 5.69 Å². The number of amidine groups is 1. The van der Waals surface area contributed by atoms with Gasteiger partial charge < -0.3 is 24.4 Å². The third-order valence-electron chi connectivity index (χ3n) is 8.49. The molecule has 5 rings (SSSR count). The number of pyridine rings is 1. The number of nitrogens with one attached hydrogen (secondary N) is 1. The van der Waals surface area contributed by atoms with Crippen molar-refractivity contribution in [3.63, 3.8) is 0 Å². The van der Waals surface area contributed by atoms with Gasteiger partial charge in [0.25, 0.3) is 0 Å². The Balaban J connectivity index is 1.41. The minimum atomic E-state index is -0.802. The molecule has 2 aliphatic heterocycles. The molecule has 3 aliphatic rings. The number of anilines is 1. The average molecular weight is 577 g/mol. The van der Waals surface area contributed by atoms with Crippen molar-refractivity contribution >= 4 is 23.3 Å². The Morgan fingerprint density at radius 3 is 2.62 bits per heavy atom. The van der Waals surface area contributed by atoms with Gasteiger partial charge in [-0.2, -0.15) is 0 Å². The lowest BCUT2D eigenvalue weighted by Crippen LogP contribution is -2.31. The number of Topliss-reactive ketones (excluding diaryl/α,β-unsaturated/α-hetero) is 1. The van der Waals surface area contributed by atoms with E-state index in [1.165, 1.54) is 0 Å². The maximum Gasteiger partial charge on any atom is 0.303 e. The van der Waals surface area contributed by atoms with Crippen LogP contribution in [0.3, 0.4) is 0 Å². The maximum absolute atomic E-state index is 13.9. The van der Waals surface area contributed by atoms with E-state index in [0.717, 1.165) is 60.6 Å². The lowest BCUT2D eigenvalue weighted by Gasteiger charge is -2.30. The molecule has 226 valence electrons. The molecule has 1 atom stereocenters. The van der Waals surface area contributed by atoms with Crippen LogP contribution in [0.1, 0.15) is 98.1 Å². The first-order valence-corrected chi connectivity index (χ1v) is 15.2. The number of carboxylic acids is 1. The second kappa shape index (κ2) is 12.4. The standard InChI is InChI=1S/C33H44N4O5/c1-33(2,3)25-15-24(28(38)19-37-18-23-10-11-26(22-8-9-22)35-30(23)32(37)34)16-27(36-13-12-21(17-36)20-41-4)31(25)42-14-6-5-7-29(39)40/h10-11,15-16,21-22,34H,5-9,12-14,17-20H2,1-4H3,(H,39,40). The van der Waals surface area contributed by atoms with Crippen LogP contribution in [-0.2, 0) is 21.5 Å². The van der Waals surface area contributed by atoms with Crippen LogP contribution in [0.5, 0.6) is 5.75 Å². The number of carboxylic acid groups (broad SMARTS) is 1. The number of fused-ring (bicyclic) bond motifs is 1. The van der Waals surface area contributed by atoms with Gasteiger partial charge in [-0.15, -0.1) is 0 Å². The summed E-state index contributed by atoms with van der Waals surface area (Å²) >= 11 is 0. The first kappa shape index (κ1) is 30.0. The fourth-order valence-electron chi connectivity index (χ4n) is 5.97. The molecule has 0 radical (unpaired) electrons. The zero-order valence-electron chi connectivity index (χ0n) is 25.4. The Hall–Kier alpha value is -3.46. The highest BCUT2D eigenvalue weighted by Gasteiger charge is 2.33. The number of hydrogen-bond donors (Lipinski definition) is 2. The topological polar surface area (TPSA) is 116 Å². The Labute approximate surface area is 248 Å². The second-order valence-corrected chi connectivity index (χ2v) is 13.0. The number of aromatic nitrogens is 1. The smallest absolute Gasteiger partial charge is 0.303 e. The summed E-state index contributed by atoms with van der Waals surface area (Å²) in [5, 5.41) is 17.8. The van der Waals surface area contributed by atoms with Crippen LogP contribution in [0.15, 0.2) is 24.3 Å². The molecule has 42 heavy (non-hydrogen) atoms. The fourth-order valence-corrected chi connectivity index (χ4v) is 5.97. The summed E-state index contributed by atoms with van der Waals surface area (Å²) in [7, 11) is 1.72. The number of carbonyl (C=O) groups is 2. The first-order valence-electron chi connectivity index (χ1n) is 15.2. The van der Waals surface area contributed by atoms with E-state index < -0.39 is 5.97 Å². The maximum atomic E-state index is 13.9. The molecule has 1 saturated heterocycles. The molecule has 1 aromatic carbocycles. The van der Waals surface area contributed by atoms with Gasteiger partial charge in [0.2, 0.25) is 0 Å². The highest BCUT2D eigenvalue weighted by atomic mass is 16.5. The molecule has 2 N–H and O–H groups in total. The van der Waals surface area contributed by atoms with Crippen molar-refractivity contribution in [1.29, 1.82) is 5.41 Å². The molecule has 1 saturated carbocycles. The number of nitrogens with zero attached hydrogens (tertiary/aromatic N) is 3. The van der Waals surface area contributed by atoms with Crippen molar-refractivity contribution in [3.8, 4) is 5.75 Å². The van der Waals surface area contributed by atoms with Crippen molar-refractivity contribution in [1.82, 2.24) is 9.88 Å². The van der Waals surface area contributed by atoms with Gasteiger partial charge in [0.1, 0.15) is 17.3 Å². The summed E-state index contributed by atoms with van der Waals surface area (Å²) in [6.45, 7) is 9.71. The molecule has 2 aromatic rings. The summed E-state index contributed by atoms with van der Waals surface area (Å²) in [5.74, 6) is 1.16. The first-order chi connectivity index (χ1) is 20.0. The number of aliphatic carboxylic acids is 1. The highest BCUT2D eigenvalue weighted by molar-refractivity contribution is 6.05. The largest absolute Gasteiger partial charge is 0.491 e. The van der Waals surface area contributed by atoms with Crippen LogP contribution in [0, 0.1) is 11.3 Å². The highest BCUT2D eigenvalue weighted by Crippen LogP contribution is 2.43. The minimum Gasteiger partial charge on any atom is -0.491 e. The van der Waals surface area contributed by atoms with Gasteiger partial charge >= 0.3 is 5.97 Å². The zero-order chi connectivity index (χ0) is 30.0. The van der Waals surface area contributed by atoms with Gasteiger partial charge in [-0.1, -0.05) is 26.8 Å². The van der Waals surface area contributed by atoms with Crippen LogP contribution >= 0.6 is 0 Å². The molecular formula is C33H44N4O5. The van der Waals surface area contributed by atoms with Gasteiger partial charge in [0, 0.05) is 67.4 Å². The second-order valence-electron chi connectivity index (χ2n) is 13.0. The van der Waals surface area contributed by atoms with Crippen LogP contribution in [-0.4, -0.2) is 72.5 Å². The molecule has 0 amide bonds. The Morgan fingerprint density at radius 2 is 1.93 bits per heavy atom. The van der Waals surface area contributed by atoms with E-state index in [4.69, 9.17) is 25.0 Å². The SMILES string of the molecule is COCC1CCN(c2cc(C(=O)CN3Cc4ccc(C5CC5)nc4C3=N)cc(C(C)(C)C)c2OCCCCC(=O)O)C1. The number of methoxy groups -OCH3 is 1. The predicted molar refractivity (Wildman–Crippen MR) is 162 cm³/mol. The van der Waals surface area contributed by atoms with Gasteiger partial charge in [0.15, 0.2) is 5.78 Å². The quantitative estimate of drug-likeness (QED) is 0.241. The number of benzene rings is 1. The predicted octanol–water partition coefficient (Wildman–Crippen LogP) is 5.39. The third-order valence-corrected chi connectivity index (χ3v) is 8.49. The van der Waals surface area contributed by atoms with Gasteiger partial charge in [-0.05, 0) is 55.7 Å². The summed E-state index contributed by atoms with van der Waals surface area (Å²) < 4.78 is 11.9. The summed E-state index contributed by atoms with van der Waals surface area (Å²) in [4.78, 5) is 33.7. The van der Waals surface area contributed by atoms with Gasteiger partial charge in [-0.25, -0.2) is 4.98 Å². The van der Waals surface area contributed by atoms with Crippen LogP contribution in [0.25, 0.3) is 0 Å². The molecular weight excluding hydrogens is 532 g/mol. The number of ketones is 1. The molecule has 3 heterocycles. The van der Waals surface area contributed by atoms with E-state index in [9.17, 15) is 9.59 Å². The lowest BCUT2D eigenvalue weighted by molar-refractivity contribution is -0.137. The lowest BCUT2D eigenvalue weighted by atomic mass is 9.84. The molecule has 0 bridgehead atoms. The molecule has 1 aliphatic carbocycles. The van der Waals surface area contributed by atoms with Crippen LogP contribution in [0.2, 0.25) is 0 Å². The number of rotatable bonds is 13. The van der Waals surface area contributed by atoms with E-state index >= 15 is 0 Å². The molecule has 1 aromatic heterocycles. The fraction of sp³-hybridized carbons (Fsp3) is 0.576. The summed E-state index contributed by atoms with van der Waals surface area (Å²) in [5.41, 5.74) is 4.93. The van der Waals surface area contributed by atoms with E-state index in [0.29, 0.717) is 61.5 Å². The van der Waals surface area contributed by atoms with Crippen molar-refractivity contribution < 1.29 is 24.2 Å². The zero-order valence-corrected chi connectivity index (χ0v) is 25.4. The summed E-state index contributed by atoms with van der Waals surface area (Å²) in [6, 6.07) is 8.05. The third kappa shape index (κ3) is 6.77. The van der Waals surface area contributed by atoms with Crippen molar-refractivity contribution in [2.45, 2.75) is 77.2 Å². The Bertz CT molecular complexity index is 1350. The molecule has 2 fully saturated rings. The van der Waals surface area contributed by atoms with E-state index in [2.05, 4.69) is 37.8 Å². The Kier molecular flexibility index (Phi) is 8.87. The normalized spacial score (nSPS) is 18.5. The van der Waals surface area contributed by atoms with Gasteiger partial charge in [-0.3, -0.25) is 15.0 Å². The van der Waals surface area contributed by atoms with Gasteiger partial charge in [0.05, 0.1) is 25.4 Å². The minimum absolute atomic E-state index is 0.0395. The van der Waals surface area contributed by atoms with Crippen LogP contribution < -0.4 is 9.64 Å². The van der Waals surface area contributed by atoms with Crippen molar-refractivity contribution in [2.75, 3.05) is 44.9 Å². The number of carbonyl (C=O) groups excluding carboxylic acids is 1. The van der Waals surface area contributed by atoms with E-state index in [1.54, 1.807) is 7.11 Å². The van der Waals surface area contributed by atoms with E-state index in [1.807, 2.05) is 17.0 Å². The van der Waals surface area contributed by atoms with Crippen molar-refractivity contribution in [2.24, 2.45) is 5.92 Å². The molecule has 9 heteroatoms. The molecule has 0 spiro atoms. The number of hydrogen-bond acceptors (Lipinski definition) is 7. The number of ether oxygens (including phenoxy) is 2. The Morgan fingerprint density at radius 1 is 1.14 bits per heavy atom. The number of unbranched alkanes of at least 4 members (excludes halogenated alkanes) is 1. The average Bonchev–Trinajstić information content (AvgIpc) is 3.61. The van der Waals surface area contributed by atoms with Crippen molar-refractivity contribution in [3.05, 3.63) is 52.3 Å². The molecule has 1 unspecified atom stereocenters. The summed E-state index contributed by atoms with van der Waals surface area (Å²) in [6.07, 6.45) is 4.61. The molecule has 9 nitrogen and oxygen atoms in total.